The van der Waals surface area contributed by atoms with Crippen LogP contribution in [0.5, 0.6) is 11.5 Å². The van der Waals surface area contributed by atoms with Crippen LogP contribution in [-0.2, 0) is 4.74 Å². The van der Waals surface area contributed by atoms with E-state index in [1.807, 2.05) is 6.92 Å². The van der Waals surface area contributed by atoms with E-state index in [2.05, 4.69) is 10.6 Å². The van der Waals surface area contributed by atoms with E-state index in [1.165, 1.54) is 14.2 Å². The number of carbonyl (C=O) groups excluding carboxylic acids is 2. The lowest BCUT2D eigenvalue weighted by Crippen LogP contribution is -2.34. The van der Waals surface area contributed by atoms with Crippen LogP contribution in [0.2, 0.25) is 0 Å². The number of thiocarbonyl (C=S) groups is 1. The fourth-order valence-electron chi connectivity index (χ4n) is 2.29. The summed E-state index contributed by atoms with van der Waals surface area (Å²) in [4.78, 5) is 24.2. The fraction of sp³-hybridized carbons (Fsp3) is 0.250. The van der Waals surface area contributed by atoms with Crippen molar-refractivity contribution in [3.05, 3.63) is 53.6 Å². The van der Waals surface area contributed by atoms with Crippen molar-refractivity contribution in [2.75, 3.05) is 26.1 Å². The molecule has 0 saturated heterocycles. The highest BCUT2D eigenvalue weighted by Gasteiger charge is 2.15. The highest BCUT2D eigenvalue weighted by Crippen LogP contribution is 2.24. The lowest BCUT2D eigenvalue weighted by Gasteiger charge is -2.12. The van der Waals surface area contributed by atoms with Gasteiger partial charge in [-0.3, -0.25) is 10.1 Å². The molecular formula is C20H22N2O5S. The van der Waals surface area contributed by atoms with Crippen LogP contribution in [0.4, 0.5) is 5.69 Å². The molecule has 0 aliphatic carbocycles. The van der Waals surface area contributed by atoms with E-state index in [4.69, 9.17) is 26.4 Å². The molecule has 0 aromatic heterocycles. The van der Waals surface area contributed by atoms with Gasteiger partial charge in [0.25, 0.3) is 5.91 Å². The van der Waals surface area contributed by atoms with Gasteiger partial charge in [-0.2, -0.15) is 0 Å². The van der Waals surface area contributed by atoms with Crippen LogP contribution in [0.25, 0.3) is 0 Å². The Morgan fingerprint density at radius 1 is 1.04 bits per heavy atom. The molecule has 0 aliphatic heterocycles. The number of hydrogen-bond acceptors (Lipinski definition) is 6. The van der Waals surface area contributed by atoms with Crippen LogP contribution in [0.15, 0.2) is 42.5 Å². The number of amides is 1. The van der Waals surface area contributed by atoms with Gasteiger partial charge in [0.15, 0.2) is 5.11 Å². The van der Waals surface area contributed by atoms with E-state index < -0.39 is 5.91 Å². The normalized spacial score (nSPS) is 9.96. The van der Waals surface area contributed by atoms with Crippen LogP contribution < -0.4 is 20.1 Å². The van der Waals surface area contributed by atoms with E-state index in [1.54, 1.807) is 42.5 Å². The van der Waals surface area contributed by atoms with Gasteiger partial charge in [-0.1, -0.05) is 6.92 Å². The smallest absolute Gasteiger partial charge is 0.338 e. The molecule has 0 radical (unpaired) electrons. The third-order valence-electron chi connectivity index (χ3n) is 3.70. The first-order chi connectivity index (χ1) is 13.5. The summed E-state index contributed by atoms with van der Waals surface area (Å²) in [5, 5.41) is 5.60. The second-order valence-electron chi connectivity index (χ2n) is 5.69. The first-order valence-electron chi connectivity index (χ1n) is 8.60. The lowest BCUT2D eigenvalue weighted by atomic mass is 10.2. The van der Waals surface area contributed by atoms with Crippen LogP contribution in [-0.4, -0.2) is 37.8 Å². The van der Waals surface area contributed by atoms with E-state index in [-0.39, 0.29) is 11.1 Å². The second-order valence-corrected chi connectivity index (χ2v) is 6.10. The summed E-state index contributed by atoms with van der Waals surface area (Å²) in [6, 6.07) is 11.5. The molecule has 28 heavy (non-hydrogen) atoms. The molecule has 0 spiro atoms. The van der Waals surface area contributed by atoms with Gasteiger partial charge in [0.05, 0.1) is 32.0 Å². The molecule has 7 nitrogen and oxygen atoms in total. The Hall–Kier alpha value is -3.13. The fourth-order valence-corrected chi connectivity index (χ4v) is 2.50. The minimum absolute atomic E-state index is 0.115. The SMILES string of the molecule is CCCOC(=O)c1ccc(NC(=S)NC(=O)c2ccc(OC)cc2OC)cc1. The van der Waals surface area contributed by atoms with Crippen LogP contribution in [0.1, 0.15) is 34.1 Å². The van der Waals surface area contributed by atoms with Crippen molar-refractivity contribution < 1.29 is 23.8 Å². The Labute approximate surface area is 169 Å². The zero-order valence-electron chi connectivity index (χ0n) is 15.9. The van der Waals surface area contributed by atoms with E-state index >= 15 is 0 Å². The lowest BCUT2D eigenvalue weighted by molar-refractivity contribution is 0.0505. The number of carbonyl (C=O) groups is 2. The van der Waals surface area contributed by atoms with Crippen molar-refractivity contribution in [2.45, 2.75) is 13.3 Å². The number of ether oxygens (including phenoxy) is 3. The van der Waals surface area contributed by atoms with E-state index in [0.717, 1.165) is 6.42 Å². The molecule has 148 valence electrons. The molecule has 1 amide bonds. The molecule has 2 N–H and O–H groups in total. The number of benzene rings is 2. The molecule has 2 aromatic rings. The van der Waals surface area contributed by atoms with Crippen LogP contribution in [0, 0.1) is 0 Å². The Bertz CT molecular complexity index is 852. The number of nitrogens with one attached hydrogen (secondary N) is 2. The van der Waals surface area contributed by atoms with Crippen molar-refractivity contribution in [3.63, 3.8) is 0 Å². The molecular weight excluding hydrogens is 380 g/mol. The Balaban J connectivity index is 1.98. The largest absolute Gasteiger partial charge is 0.497 e. The molecule has 2 aromatic carbocycles. The molecule has 0 aliphatic rings. The van der Waals surface area contributed by atoms with Crippen molar-refractivity contribution in [1.29, 1.82) is 0 Å². The monoisotopic (exact) mass is 402 g/mol. The minimum atomic E-state index is -0.420. The average molecular weight is 402 g/mol. The first kappa shape index (κ1) is 21.2. The summed E-state index contributed by atoms with van der Waals surface area (Å²) in [5.74, 6) is 0.147. The first-order valence-corrected chi connectivity index (χ1v) is 9.00. The van der Waals surface area contributed by atoms with Crippen molar-refractivity contribution in [1.82, 2.24) is 5.32 Å². The number of methoxy groups -OCH3 is 2. The Kier molecular flexibility index (Phi) is 7.76. The quantitative estimate of drug-likeness (QED) is 0.542. The topological polar surface area (TPSA) is 85.9 Å². The minimum Gasteiger partial charge on any atom is -0.497 e. The molecule has 0 bridgehead atoms. The van der Waals surface area contributed by atoms with Crippen LogP contribution in [0.3, 0.4) is 0 Å². The zero-order chi connectivity index (χ0) is 20.5. The Morgan fingerprint density at radius 2 is 1.75 bits per heavy atom. The highest BCUT2D eigenvalue weighted by molar-refractivity contribution is 7.80. The predicted molar refractivity (Wildman–Crippen MR) is 110 cm³/mol. The van der Waals surface area contributed by atoms with Crippen LogP contribution >= 0.6 is 12.2 Å². The van der Waals surface area contributed by atoms with Gasteiger partial charge in [-0.15, -0.1) is 0 Å². The molecule has 0 fully saturated rings. The number of esters is 1. The zero-order valence-corrected chi connectivity index (χ0v) is 16.7. The van der Waals surface area contributed by atoms with E-state index in [0.29, 0.717) is 34.9 Å². The van der Waals surface area contributed by atoms with Gasteiger partial charge >= 0.3 is 5.97 Å². The van der Waals surface area contributed by atoms with Gasteiger partial charge < -0.3 is 19.5 Å². The predicted octanol–water partition coefficient (Wildman–Crippen LogP) is 3.40. The second kappa shape index (κ2) is 10.3. The third-order valence-corrected chi connectivity index (χ3v) is 3.90. The standard InChI is InChI=1S/C20H22N2O5S/c1-4-11-27-19(24)13-5-7-14(8-6-13)21-20(28)22-18(23)16-10-9-15(25-2)12-17(16)26-3/h5-10,12H,4,11H2,1-3H3,(H2,21,22,23,28). The molecule has 0 atom stereocenters. The maximum atomic E-state index is 12.4. The number of rotatable bonds is 7. The summed E-state index contributed by atoms with van der Waals surface area (Å²) in [6.45, 7) is 2.31. The summed E-state index contributed by atoms with van der Waals surface area (Å²) < 4.78 is 15.4. The van der Waals surface area contributed by atoms with Crippen molar-refractivity contribution in [3.8, 4) is 11.5 Å². The molecule has 8 heteroatoms. The van der Waals surface area contributed by atoms with Crippen molar-refractivity contribution in [2.24, 2.45) is 0 Å². The average Bonchev–Trinajstić information content (AvgIpc) is 2.71. The molecule has 0 saturated carbocycles. The summed E-state index contributed by atoms with van der Waals surface area (Å²) in [6.07, 6.45) is 0.762. The highest BCUT2D eigenvalue weighted by atomic mass is 32.1. The number of hydrogen-bond donors (Lipinski definition) is 2. The van der Waals surface area contributed by atoms with Gasteiger partial charge in [0, 0.05) is 11.8 Å². The van der Waals surface area contributed by atoms with Crippen molar-refractivity contribution >= 4 is 34.9 Å². The summed E-state index contributed by atoms with van der Waals surface area (Å²) >= 11 is 5.18. The van der Waals surface area contributed by atoms with Gasteiger partial charge in [0.1, 0.15) is 11.5 Å². The number of anilines is 1. The molecule has 0 unspecified atom stereocenters. The summed E-state index contributed by atoms with van der Waals surface area (Å²) in [7, 11) is 3.00. The van der Waals surface area contributed by atoms with Gasteiger partial charge in [-0.05, 0) is 55.0 Å². The van der Waals surface area contributed by atoms with Gasteiger partial charge in [-0.25, -0.2) is 4.79 Å². The van der Waals surface area contributed by atoms with E-state index in [9.17, 15) is 9.59 Å². The molecule has 0 heterocycles. The maximum Gasteiger partial charge on any atom is 0.338 e. The maximum absolute atomic E-state index is 12.4. The third kappa shape index (κ3) is 5.68. The Morgan fingerprint density at radius 3 is 2.36 bits per heavy atom. The summed E-state index contributed by atoms with van der Waals surface area (Å²) in [5.41, 5.74) is 1.39. The van der Waals surface area contributed by atoms with Gasteiger partial charge in [0.2, 0.25) is 0 Å². The molecule has 2 rings (SSSR count).